The lowest BCUT2D eigenvalue weighted by atomic mass is 9.51. The van der Waals surface area contributed by atoms with Crippen LogP contribution in [0.3, 0.4) is 0 Å². The molecule has 2 nitrogen and oxygen atoms in total. The molecule has 3 fully saturated rings. The summed E-state index contributed by atoms with van der Waals surface area (Å²) in [6, 6.07) is 6.68. The van der Waals surface area contributed by atoms with Gasteiger partial charge < -0.3 is 5.11 Å². The Morgan fingerprint density at radius 3 is 2.70 bits per heavy atom. The highest BCUT2D eigenvalue weighted by atomic mass is 35.5. The first kappa shape index (κ1) is 21.7. The number of carbonyl (C=O) groups excluding carboxylic acids is 1. The summed E-state index contributed by atoms with van der Waals surface area (Å²) >= 11 is 6.62. The largest absolute Gasteiger partial charge is 0.377 e. The molecule has 0 heterocycles. The van der Waals surface area contributed by atoms with Gasteiger partial charge in [0.05, 0.1) is 0 Å². The zero-order chi connectivity index (χ0) is 23.0. The zero-order valence-electron chi connectivity index (χ0n) is 19.7. The van der Waals surface area contributed by atoms with Gasteiger partial charge in [0.2, 0.25) is 0 Å². The van der Waals surface area contributed by atoms with Crippen LogP contribution in [0.2, 0.25) is 5.02 Å². The molecule has 0 saturated heterocycles. The molecule has 172 valence electrons. The van der Waals surface area contributed by atoms with E-state index < -0.39 is 5.60 Å². The topological polar surface area (TPSA) is 37.3 Å². The number of ketones is 1. The van der Waals surface area contributed by atoms with Gasteiger partial charge in [0.1, 0.15) is 5.60 Å². The van der Waals surface area contributed by atoms with Gasteiger partial charge in [0.25, 0.3) is 0 Å². The number of hydrogen-bond donors (Lipinski definition) is 1. The summed E-state index contributed by atoms with van der Waals surface area (Å²) in [7, 11) is 0. The predicted molar refractivity (Wildman–Crippen MR) is 132 cm³/mol. The van der Waals surface area contributed by atoms with Crippen LogP contribution in [-0.4, -0.2) is 16.5 Å². The van der Waals surface area contributed by atoms with E-state index in [0.29, 0.717) is 24.2 Å². The van der Waals surface area contributed by atoms with Crippen LogP contribution >= 0.6 is 11.6 Å². The van der Waals surface area contributed by atoms with E-state index in [0.717, 1.165) is 43.5 Å². The Morgan fingerprint density at radius 2 is 1.94 bits per heavy atom. The smallest absolute Gasteiger partial charge is 0.156 e. The number of carbonyl (C=O) groups is 1. The highest BCUT2D eigenvalue weighted by Crippen LogP contribution is 2.66. The number of hydrogen-bond acceptors (Lipinski definition) is 2. The Balaban J connectivity index is 1.54. The van der Waals surface area contributed by atoms with Crippen molar-refractivity contribution in [1.82, 2.24) is 0 Å². The fourth-order valence-corrected chi connectivity index (χ4v) is 8.13. The molecule has 1 N–H and O–H groups in total. The average molecular weight is 461 g/mol. The molecule has 0 bridgehead atoms. The Bertz CT molecular complexity index is 1160. The second kappa shape index (κ2) is 7.59. The molecule has 0 unspecified atom stereocenters. The molecule has 3 heteroatoms. The van der Waals surface area contributed by atoms with Crippen molar-refractivity contribution in [3.05, 3.63) is 57.1 Å². The molecule has 1 aromatic carbocycles. The van der Waals surface area contributed by atoms with Gasteiger partial charge in [-0.3, -0.25) is 4.79 Å². The van der Waals surface area contributed by atoms with E-state index in [4.69, 9.17) is 11.6 Å². The molecule has 0 spiro atoms. The van der Waals surface area contributed by atoms with E-state index in [9.17, 15) is 9.90 Å². The molecule has 1 aromatic rings. The van der Waals surface area contributed by atoms with Gasteiger partial charge in [0, 0.05) is 22.8 Å². The molecule has 5 aliphatic carbocycles. The third kappa shape index (κ3) is 3.23. The second-order valence-electron chi connectivity index (χ2n) is 11.3. The highest BCUT2D eigenvalue weighted by Gasteiger charge is 2.62. The fourth-order valence-electron chi connectivity index (χ4n) is 7.86. The number of rotatable bonds is 2. The Morgan fingerprint density at radius 1 is 1.12 bits per heavy atom. The molecule has 0 amide bonds. The van der Waals surface area contributed by atoms with E-state index in [1.165, 1.54) is 35.1 Å². The number of allylic oxidation sites excluding steroid dienone is 4. The van der Waals surface area contributed by atoms with Crippen LogP contribution in [0, 0.1) is 29.1 Å². The van der Waals surface area contributed by atoms with Crippen molar-refractivity contribution in [2.75, 3.05) is 0 Å². The van der Waals surface area contributed by atoms with Gasteiger partial charge >= 0.3 is 0 Å². The average Bonchev–Trinajstić information content (AvgIpc) is 3.59. The highest BCUT2D eigenvalue weighted by molar-refractivity contribution is 6.31. The lowest BCUT2D eigenvalue weighted by Gasteiger charge is -2.53. The molecule has 0 radical (unpaired) electrons. The lowest BCUT2D eigenvalue weighted by Crippen LogP contribution is -2.51. The van der Waals surface area contributed by atoms with Crippen molar-refractivity contribution in [2.45, 2.75) is 89.1 Å². The van der Waals surface area contributed by atoms with Crippen molar-refractivity contribution < 1.29 is 9.90 Å². The quantitative estimate of drug-likeness (QED) is 0.489. The summed E-state index contributed by atoms with van der Waals surface area (Å²) in [6.07, 6.45) is 10.6. The van der Waals surface area contributed by atoms with Crippen molar-refractivity contribution >= 4 is 17.4 Å². The van der Waals surface area contributed by atoms with Crippen molar-refractivity contribution in [3.63, 3.8) is 0 Å². The first-order valence-electron chi connectivity index (χ1n) is 12.8. The summed E-state index contributed by atoms with van der Waals surface area (Å²) in [5, 5.41) is 12.7. The first-order valence-corrected chi connectivity index (χ1v) is 13.1. The maximum atomic E-state index is 12.2. The van der Waals surface area contributed by atoms with Crippen LogP contribution in [-0.2, 0) is 4.79 Å². The van der Waals surface area contributed by atoms with Gasteiger partial charge in [-0.1, -0.05) is 42.2 Å². The van der Waals surface area contributed by atoms with E-state index in [1.54, 1.807) is 5.57 Å². The summed E-state index contributed by atoms with van der Waals surface area (Å²) in [6.45, 7) is 4.15. The van der Waals surface area contributed by atoms with Gasteiger partial charge in [0.15, 0.2) is 5.78 Å². The summed E-state index contributed by atoms with van der Waals surface area (Å²) in [5.74, 6) is 8.33. The number of halogens is 1. The normalized spacial score (nSPS) is 37.5. The van der Waals surface area contributed by atoms with Gasteiger partial charge in [-0.05, 0) is 110 Å². The standard InChI is InChI=1S/C30H33ClO2/c1-3-13-30(33)14-12-26-23-9-6-19-15-21(32)8-10-22(19)28(23)25(17-29(26,30)2)20-7-11-27(31)24(16-20)18-4-5-18/h7,11,15-16,18,23,25-26,33H,4-6,8-10,12,14,17H2,1-2H3/t23-,25+,26-,29-,30-/m0/s1. The van der Waals surface area contributed by atoms with Crippen LogP contribution < -0.4 is 0 Å². The van der Waals surface area contributed by atoms with Gasteiger partial charge in [-0.25, -0.2) is 0 Å². The van der Waals surface area contributed by atoms with E-state index in [2.05, 4.69) is 37.0 Å². The second-order valence-corrected chi connectivity index (χ2v) is 11.7. The van der Waals surface area contributed by atoms with E-state index in [-0.39, 0.29) is 17.1 Å². The summed E-state index contributed by atoms with van der Waals surface area (Å²) < 4.78 is 0. The van der Waals surface area contributed by atoms with Crippen LogP contribution in [0.4, 0.5) is 0 Å². The monoisotopic (exact) mass is 460 g/mol. The minimum atomic E-state index is -0.925. The van der Waals surface area contributed by atoms with Gasteiger partial charge in [-0.2, -0.15) is 0 Å². The molecular formula is C30H33ClO2. The van der Waals surface area contributed by atoms with Crippen LogP contribution in [0.5, 0.6) is 0 Å². The molecule has 5 aliphatic rings. The maximum Gasteiger partial charge on any atom is 0.156 e. The van der Waals surface area contributed by atoms with Crippen LogP contribution in [0.15, 0.2) is 41.0 Å². The third-order valence-corrected chi connectivity index (χ3v) is 10.0. The SMILES string of the molecule is CC#C[C@]1(O)CC[C@H]2[C@@H]3CCC4=CC(=O)CCC4=C3[C@@H](c3ccc(Cl)c(C4CC4)c3)C[C@@]21C. The number of fused-ring (bicyclic) bond motifs is 4. The van der Waals surface area contributed by atoms with Crippen molar-refractivity contribution in [3.8, 4) is 11.8 Å². The predicted octanol–water partition coefficient (Wildman–Crippen LogP) is 6.87. The van der Waals surface area contributed by atoms with E-state index >= 15 is 0 Å². The Labute approximate surface area is 202 Å². The minimum absolute atomic E-state index is 0.236. The molecular weight excluding hydrogens is 428 g/mol. The molecule has 0 aromatic heterocycles. The molecule has 0 aliphatic heterocycles. The zero-order valence-corrected chi connectivity index (χ0v) is 20.5. The van der Waals surface area contributed by atoms with E-state index in [1.807, 2.05) is 13.0 Å². The van der Waals surface area contributed by atoms with Crippen LogP contribution in [0.1, 0.15) is 94.6 Å². The molecule has 33 heavy (non-hydrogen) atoms. The summed E-state index contributed by atoms with van der Waals surface area (Å²) in [4.78, 5) is 12.2. The summed E-state index contributed by atoms with van der Waals surface area (Å²) in [5.41, 5.74) is 5.78. The molecule has 6 rings (SSSR count). The lowest BCUT2D eigenvalue weighted by molar-refractivity contribution is -0.114. The van der Waals surface area contributed by atoms with Crippen molar-refractivity contribution in [2.24, 2.45) is 17.3 Å². The Kier molecular flexibility index (Phi) is 4.99. The third-order valence-electron chi connectivity index (χ3n) is 9.66. The Hall–Kier alpha value is -1.82. The van der Waals surface area contributed by atoms with Gasteiger partial charge in [-0.15, -0.1) is 5.92 Å². The minimum Gasteiger partial charge on any atom is -0.377 e. The maximum absolute atomic E-state index is 12.2. The molecule has 3 saturated carbocycles. The molecule has 5 atom stereocenters. The number of aliphatic hydroxyl groups is 1. The van der Waals surface area contributed by atoms with Crippen molar-refractivity contribution in [1.29, 1.82) is 0 Å². The number of benzene rings is 1. The first-order chi connectivity index (χ1) is 15.8. The fraction of sp³-hybridized carbons (Fsp3) is 0.567. The van der Waals surface area contributed by atoms with Crippen LogP contribution in [0.25, 0.3) is 0 Å².